The standard InChI is InChI=1S/C13H9F4NO2/c14-10-7-18-6-5-8(10)12(19)9-3-1-2-4-11(9)20-13(15,16)17/h1-7,12,19H. The van der Waals surface area contributed by atoms with Crippen LogP contribution in [0.5, 0.6) is 5.75 Å². The van der Waals surface area contributed by atoms with Gasteiger partial charge in [0.05, 0.1) is 6.20 Å². The quantitative estimate of drug-likeness (QED) is 0.881. The van der Waals surface area contributed by atoms with Crippen LogP contribution < -0.4 is 4.74 Å². The summed E-state index contributed by atoms with van der Waals surface area (Å²) in [5.74, 6) is -1.40. The van der Waals surface area contributed by atoms with Gasteiger partial charge in [-0.15, -0.1) is 13.2 Å². The van der Waals surface area contributed by atoms with Gasteiger partial charge in [-0.25, -0.2) is 4.39 Å². The van der Waals surface area contributed by atoms with Gasteiger partial charge in [0.2, 0.25) is 0 Å². The smallest absolute Gasteiger partial charge is 0.405 e. The number of rotatable bonds is 3. The molecule has 0 saturated heterocycles. The maximum absolute atomic E-state index is 13.5. The van der Waals surface area contributed by atoms with Gasteiger partial charge in [-0.3, -0.25) is 4.98 Å². The van der Waals surface area contributed by atoms with E-state index in [0.717, 1.165) is 12.3 Å². The monoisotopic (exact) mass is 287 g/mol. The number of hydrogen-bond acceptors (Lipinski definition) is 3. The van der Waals surface area contributed by atoms with Crippen LogP contribution in [0, 0.1) is 5.82 Å². The lowest BCUT2D eigenvalue weighted by molar-refractivity contribution is -0.275. The highest BCUT2D eigenvalue weighted by Gasteiger charge is 2.33. The first-order chi connectivity index (χ1) is 9.38. The fourth-order valence-corrected chi connectivity index (χ4v) is 1.70. The zero-order valence-corrected chi connectivity index (χ0v) is 9.93. The Hall–Kier alpha value is -2.15. The molecule has 0 aliphatic carbocycles. The summed E-state index contributed by atoms with van der Waals surface area (Å²) in [6, 6.07) is 6.20. The molecule has 1 aromatic carbocycles. The number of aliphatic hydroxyl groups is 1. The first kappa shape index (κ1) is 14.3. The van der Waals surface area contributed by atoms with Crippen molar-refractivity contribution < 1.29 is 27.4 Å². The third-order valence-corrected chi connectivity index (χ3v) is 2.54. The molecule has 0 bridgehead atoms. The van der Waals surface area contributed by atoms with Crippen molar-refractivity contribution in [2.45, 2.75) is 12.5 Å². The molecule has 1 aromatic heterocycles. The van der Waals surface area contributed by atoms with E-state index in [-0.39, 0.29) is 11.1 Å². The second-order valence-electron chi connectivity index (χ2n) is 3.89. The molecule has 0 radical (unpaired) electrons. The molecule has 0 spiro atoms. The largest absolute Gasteiger partial charge is 0.573 e. The lowest BCUT2D eigenvalue weighted by atomic mass is 10.0. The number of aromatic nitrogens is 1. The molecule has 1 N–H and O–H groups in total. The zero-order valence-electron chi connectivity index (χ0n) is 9.93. The molecule has 106 valence electrons. The Balaban J connectivity index is 2.40. The van der Waals surface area contributed by atoms with Gasteiger partial charge in [0.15, 0.2) is 0 Å². The van der Waals surface area contributed by atoms with Crippen LogP contribution >= 0.6 is 0 Å². The highest BCUT2D eigenvalue weighted by Crippen LogP contribution is 2.33. The van der Waals surface area contributed by atoms with Crippen molar-refractivity contribution in [3.05, 3.63) is 59.7 Å². The Morgan fingerprint density at radius 1 is 1.10 bits per heavy atom. The number of para-hydroxylation sites is 1. The van der Waals surface area contributed by atoms with Gasteiger partial charge in [0.1, 0.15) is 17.7 Å². The highest BCUT2D eigenvalue weighted by atomic mass is 19.4. The number of hydrogen-bond donors (Lipinski definition) is 1. The van der Waals surface area contributed by atoms with Gasteiger partial charge >= 0.3 is 6.36 Å². The summed E-state index contributed by atoms with van der Waals surface area (Å²) in [7, 11) is 0. The Bertz CT molecular complexity index is 601. The fourth-order valence-electron chi connectivity index (χ4n) is 1.70. The second kappa shape index (κ2) is 5.46. The van der Waals surface area contributed by atoms with Gasteiger partial charge in [0, 0.05) is 17.3 Å². The first-order valence-electron chi connectivity index (χ1n) is 5.50. The number of pyridine rings is 1. The maximum atomic E-state index is 13.5. The SMILES string of the molecule is OC(c1ccncc1F)c1ccccc1OC(F)(F)F. The van der Waals surface area contributed by atoms with Crippen LogP contribution in [-0.4, -0.2) is 16.5 Å². The highest BCUT2D eigenvalue weighted by molar-refractivity contribution is 5.40. The summed E-state index contributed by atoms with van der Waals surface area (Å²) in [4.78, 5) is 3.51. The molecule has 7 heteroatoms. The third-order valence-electron chi connectivity index (χ3n) is 2.54. The van der Waals surface area contributed by atoms with Crippen LogP contribution in [0.25, 0.3) is 0 Å². The number of halogens is 4. The van der Waals surface area contributed by atoms with Crippen molar-refractivity contribution in [2.24, 2.45) is 0 Å². The predicted octanol–water partition coefficient (Wildman–Crippen LogP) is 3.20. The van der Waals surface area contributed by atoms with E-state index in [2.05, 4.69) is 9.72 Å². The average molecular weight is 287 g/mol. The summed E-state index contributed by atoms with van der Waals surface area (Å²) in [5, 5.41) is 10.0. The van der Waals surface area contributed by atoms with Gasteiger partial charge in [-0.1, -0.05) is 18.2 Å². The number of benzene rings is 1. The molecule has 0 amide bonds. The molecule has 0 aliphatic rings. The predicted molar refractivity (Wildman–Crippen MR) is 61.4 cm³/mol. The summed E-state index contributed by atoms with van der Waals surface area (Å²) >= 11 is 0. The molecule has 1 atom stereocenters. The molecule has 0 saturated carbocycles. The summed E-state index contributed by atoms with van der Waals surface area (Å²) in [5.41, 5.74) is -0.367. The summed E-state index contributed by atoms with van der Waals surface area (Å²) < 4.78 is 54.2. The molecule has 20 heavy (non-hydrogen) atoms. The minimum absolute atomic E-state index is 0.182. The Morgan fingerprint density at radius 3 is 2.45 bits per heavy atom. The molecular weight excluding hydrogens is 278 g/mol. The summed E-state index contributed by atoms with van der Waals surface area (Å²) in [6.45, 7) is 0. The topological polar surface area (TPSA) is 42.4 Å². The van der Waals surface area contributed by atoms with Crippen LogP contribution in [0.4, 0.5) is 17.6 Å². The Labute approximate surface area is 111 Å². The van der Waals surface area contributed by atoms with Crippen LogP contribution in [0.2, 0.25) is 0 Å². The molecule has 3 nitrogen and oxygen atoms in total. The molecule has 2 rings (SSSR count). The Morgan fingerprint density at radius 2 is 1.80 bits per heavy atom. The van der Waals surface area contributed by atoms with Crippen LogP contribution in [-0.2, 0) is 0 Å². The first-order valence-corrected chi connectivity index (χ1v) is 5.50. The van der Waals surface area contributed by atoms with E-state index in [0.29, 0.717) is 0 Å². The number of alkyl halides is 3. The molecule has 2 aromatic rings. The minimum atomic E-state index is -4.90. The van der Waals surface area contributed by atoms with E-state index in [9.17, 15) is 22.7 Å². The minimum Gasteiger partial charge on any atom is -0.405 e. The lowest BCUT2D eigenvalue weighted by Gasteiger charge is -2.17. The molecule has 1 heterocycles. The van der Waals surface area contributed by atoms with Crippen molar-refractivity contribution in [3.63, 3.8) is 0 Å². The zero-order chi connectivity index (χ0) is 14.8. The molecule has 0 fully saturated rings. The number of aliphatic hydroxyl groups excluding tert-OH is 1. The van der Waals surface area contributed by atoms with Crippen molar-refractivity contribution in [1.82, 2.24) is 4.98 Å². The van der Waals surface area contributed by atoms with E-state index in [4.69, 9.17) is 0 Å². The molecule has 0 aliphatic heterocycles. The van der Waals surface area contributed by atoms with Crippen LogP contribution in [0.3, 0.4) is 0 Å². The van der Waals surface area contributed by atoms with E-state index >= 15 is 0 Å². The van der Waals surface area contributed by atoms with E-state index < -0.39 is 24.0 Å². The molecule has 1 unspecified atom stereocenters. The fraction of sp³-hybridized carbons (Fsp3) is 0.154. The molecular formula is C13H9F4NO2. The van der Waals surface area contributed by atoms with Gasteiger partial charge in [-0.05, 0) is 12.1 Å². The van der Waals surface area contributed by atoms with Crippen molar-refractivity contribution in [2.75, 3.05) is 0 Å². The van der Waals surface area contributed by atoms with E-state index in [1.807, 2.05) is 0 Å². The van der Waals surface area contributed by atoms with Gasteiger partial charge in [0.25, 0.3) is 0 Å². The average Bonchev–Trinajstić information content (AvgIpc) is 2.37. The van der Waals surface area contributed by atoms with Gasteiger partial charge in [-0.2, -0.15) is 0 Å². The van der Waals surface area contributed by atoms with Crippen LogP contribution in [0.1, 0.15) is 17.2 Å². The third kappa shape index (κ3) is 3.24. The maximum Gasteiger partial charge on any atom is 0.573 e. The van der Waals surface area contributed by atoms with Crippen molar-refractivity contribution >= 4 is 0 Å². The van der Waals surface area contributed by atoms with Crippen molar-refractivity contribution in [1.29, 1.82) is 0 Å². The van der Waals surface area contributed by atoms with Crippen molar-refractivity contribution in [3.8, 4) is 5.75 Å². The van der Waals surface area contributed by atoms with E-state index in [1.54, 1.807) is 0 Å². The number of nitrogens with zero attached hydrogens (tertiary/aromatic N) is 1. The second-order valence-corrected chi connectivity index (χ2v) is 3.89. The normalized spacial score (nSPS) is 13.1. The van der Waals surface area contributed by atoms with Gasteiger partial charge < -0.3 is 9.84 Å². The lowest BCUT2D eigenvalue weighted by Crippen LogP contribution is -2.19. The van der Waals surface area contributed by atoms with E-state index in [1.165, 1.54) is 30.5 Å². The Kier molecular flexibility index (Phi) is 3.89. The summed E-state index contributed by atoms with van der Waals surface area (Å²) in [6.07, 6.45) is -4.38. The van der Waals surface area contributed by atoms with Crippen LogP contribution in [0.15, 0.2) is 42.7 Å². The number of ether oxygens (including phenoxy) is 1.